The van der Waals surface area contributed by atoms with Gasteiger partial charge in [-0.15, -0.1) is 0 Å². The molecular weight excluding hydrogens is 312 g/mol. The van der Waals surface area contributed by atoms with E-state index >= 15 is 0 Å². The molecule has 1 aromatic heterocycles. The van der Waals surface area contributed by atoms with Crippen molar-refractivity contribution < 1.29 is 4.79 Å². The summed E-state index contributed by atoms with van der Waals surface area (Å²) in [6, 6.07) is 3.42. The van der Waals surface area contributed by atoms with Crippen LogP contribution in [0.3, 0.4) is 0 Å². The van der Waals surface area contributed by atoms with Crippen LogP contribution in [-0.2, 0) is 0 Å². The maximum atomic E-state index is 11.7. The maximum absolute atomic E-state index is 11.7. The molecule has 1 heterocycles. The summed E-state index contributed by atoms with van der Waals surface area (Å²) in [5, 5.41) is 0. The van der Waals surface area contributed by atoms with Gasteiger partial charge in [0.25, 0.3) is 5.91 Å². The first-order valence-electron chi connectivity index (χ1n) is 4.13. The summed E-state index contributed by atoms with van der Waals surface area (Å²) in [4.78, 5) is 17.4. The number of hydrogen-bond acceptors (Lipinski definition) is 2. The van der Waals surface area contributed by atoms with Crippen LogP contribution in [0.4, 0.5) is 0 Å². The number of hydrogen-bond donors (Lipinski definition) is 0. The van der Waals surface area contributed by atoms with Gasteiger partial charge in [-0.3, -0.25) is 4.79 Å². The molecule has 0 N–H and O–H groups in total. The largest absolute Gasteiger partial charge is 0.342 e. The maximum Gasteiger partial charge on any atom is 0.253 e. The Morgan fingerprint density at radius 2 is 1.93 bits per heavy atom. The molecule has 14 heavy (non-hydrogen) atoms. The number of carbonyl (C=O) groups excluding carboxylic acids is 1. The lowest BCUT2D eigenvalue weighted by atomic mass is 10.2. The van der Waals surface area contributed by atoms with Gasteiger partial charge in [0.15, 0.2) is 0 Å². The zero-order valence-electron chi connectivity index (χ0n) is 7.92. The second-order valence-electron chi connectivity index (χ2n) is 2.82. The highest BCUT2D eigenvalue weighted by Crippen LogP contribution is 2.16. The van der Waals surface area contributed by atoms with Crippen molar-refractivity contribution in [2.45, 2.75) is 6.92 Å². The average Bonchev–Trinajstić information content (AvgIpc) is 2.14. The van der Waals surface area contributed by atoms with E-state index in [1.807, 2.05) is 6.92 Å². The third kappa shape index (κ3) is 2.78. The van der Waals surface area contributed by atoms with E-state index in [0.717, 1.165) is 0 Å². The molecule has 0 atom stereocenters. The van der Waals surface area contributed by atoms with Gasteiger partial charge in [0.05, 0.1) is 0 Å². The monoisotopic (exact) mass is 320 g/mol. The van der Waals surface area contributed by atoms with Crippen LogP contribution >= 0.6 is 31.9 Å². The third-order valence-corrected chi connectivity index (χ3v) is 2.64. The molecule has 0 saturated carbocycles. The molecule has 0 bridgehead atoms. The Hall–Kier alpha value is -0.420. The summed E-state index contributed by atoms with van der Waals surface area (Å²) in [5.41, 5.74) is 0.628. The van der Waals surface area contributed by atoms with E-state index in [9.17, 15) is 4.79 Å². The number of aromatic nitrogens is 1. The van der Waals surface area contributed by atoms with E-state index in [1.54, 1.807) is 24.1 Å². The zero-order chi connectivity index (χ0) is 10.7. The molecule has 0 spiro atoms. The molecule has 1 amide bonds. The molecule has 0 aliphatic rings. The first-order valence-corrected chi connectivity index (χ1v) is 5.71. The second-order valence-corrected chi connectivity index (χ2v) is 4.45. The summed E-state index contributed by atoms with van der Waals surface area (Å²) in [6.07, 6.45) is 0. The fraction of sp³-hybridized carbons (Fsp3) is 0.333. The number of carbonyl (C=O) groups is 1. The van der Waals surface area contributed by atoms with Crippen molar-refractivity contribution >= 4 is 37.8 Å². The van der Waals surface area contributed by atoms with Crippen molar-refractivity contribution in [3.63, 3.8) is 0 Å². The molecule has 0 aliphatic heterocycles. The van der Waals surface area contributed by atoms with E-state index in [-0.39, 0.29) is 5.91 Å². The van der Waals surface area contributed by atoms with Crippen molar-refractivity contribution in [2.75, 3.05) is 13.6 Å². The van der Waals surface area contributed by atoms with E-state index in [4.69, 9.17) is 0 Å². The molecule has 0 radical (unpaired) electrons. The van der Waals surface area contributed by atoms with Gasteiger partial charge < -0.3 is 4.90 Å². The van der Waals surface area contributed by atoms with E-state index < -0.39 is 0 Å². The Bertz CT molecular complexity index is 334. The predicted molar refractivity (Wildman–Crippen MR) is 62.3 cm³/mol. The zero-order valence-corrected chi connectivity index (χ0v) is 11.1. The molecule has 3 nitrogen and oxygen atoms in total. The minimum atomic E-state index is -0.00343. The average molecular weight is 322 g/mol. The minimum absolute atomic E-state index is 0.00343. The Balaban J connectivity index is 3.01. The highest BCUT2D eigenvalue weighted by Gasteiger charge is 2.11. The highest BCUT2D eigenvalue weighted by molar-refractivity contribution is 9.11. The SMILES string of the molecule is CCN(C)C(=O)c1cc(Br)nc(Br)c1. The number of nitrogens with zero attached hydrogens (tertiary/aromatic N) is 2. The number of rotatable bonds is 2. The standard InChI is InChI=1S/C9H10Br2N2O/c1-3-13(2)9(14)6-4-7(10)12-8(11)5-6/h4-5H,3H2,1-2H3. The topological polar surface area (TPSA) is 33.2 Å². The van der Waals surface area contributed by atoms with Crippen LogP contribution in [0.1, 0.15) is 17.3 Å². The van der Waals surface area contributed by atoms with Gasteiger partial charge in [0, 0.05) is 19.2 Å². The number of halogens is 2. The lowest BCUT2D eigenvalue weighted by Crippen LogP contribution is -2.26. The Morgan fingerprint density at radius 1 is 1.43 bits per heavy atom. The lowest BCUT2D eigenvalue weighted by molar-refractivity contribution is 0.0802. The van der Waals surface area contributed by atoms with Crippen LogP contribution in [0, 0.1) is 0 Å². The van der Waals surface area contributed by atoms with Gasteiger partial charge in [0.1, 0.15) is 9.21 Å². The fourth-order valence-electron chi connectivity index (χ4n) is 0.952. The molecule has 0 fully saturated rings. The quantitative estimate of drug-likeness (QED) is 0.785. The Kier molecular flexibility index (Phi) is 4.07. The van der Waals surface area contributed by atoms with Gasteiger partial charge in [0.2, 0.25) is 0 Å². The van der Waals surface area contributed by atoms with E-state index in [0.29, 0.717) is 21.3 Å². The second kappa shape index (κ2) is 4.89. The van der Waals surface area contributed by atoms with Crippen LogP contribution < -0.4 is 0 Å². The highest BCUT2D eigenvalue weighted by atomic mass is 79.9. The Morgan fingerprint density at radius 3 is 2.36 bits per heavy atom. The predicted octanol–water partition coefficient (Wildman–Crippen LogP) is 2.70. The van der Waals surface area contributed by atoms with Gasteiger partial charge in [-0.05, 0) is 50.9 Å². The lowest BCUT2D eigenvalue weighted by Gasteiger charge is -2.14. The van der Waals surface area contributed by atoms with Crippen LogP contribution in [0.25, 0.3) is 0 Å². The molecule has 0 saturated heterocycles. The van der Waals surface area contributed by atoms with Gasteiger partial charge in [-0.1, -0.05) is 0 Å². The molecule has 5 heteroatoms. The number of amides is 1. The van der Waals surface area contributed by atoms with Gasteiger partial charge in [-0.25, -0.2) is 4.98 Å². The van der Waals surface area contributed by atoms with Crippen molar-refractivity contribution in [2.24, 2.45) is 0 Å². The summed E-state index contributed by atoms with van der Waals surface area (Å²) < 4.78 is 1.31. The third-order valence-electron chi connectivity index (χ3n) is 1.83. The Labute approximate surface area is 99.8 Å². The first-order chi connectivity index (χ1) is 6.54. The van der Waals surface area contributed by atoms with E-state index in [2.05, 4.69) is 36.8 Å². The number of pyridine rings is 1. The van der Waals surface area contributed by atoms with Crippen LogP contribution in [0.15, 0.2) is 21.3 Å². The molecular formula is C9H10Br2N2O. The van der Waals surface area contributed by atoms with Crippen LogP contribution in [0.5, 0.6) is 0 Å². The molecule has 1 rings (SSSR count). The van der Waals surface area contributed by atoms with Crippen molar-refractivity contribution in [3.05, 3.63) is 26.9 Å². The molecule has 0 aliphatic carbocycles. The first kappa shape index (κ1) is 11.7. The normalized spacial score (nSPS) is 10.0. The summed E-state index contributed by atoms with van der Waals surface area (Å²) >= 11 is 6.48. The minimum Gasteiger partial charge on any atom is -0.342 e. The van der Waals surface area contributed by atoms with E-state index in [1.165, 1.54) is 0 Å². The van der Waals surface area contributed by atoms with Gasteiger partial charge >= 0.3 is 0 Å². The molecule has 0 aromatic carbocycles. The van der Waals surface area contributed by atoms with Crippen LogP contribution in [0.2, 0.25) is 0 Å². The van der Waals surface area contributed by atoms with Crippen molar-refractivity contribution in [1.29, 1.82) is 0 Å². The summed E-state index contributed by atoms with van der Waals surface area (Å²) in [5.74, 6) is -0.00343. The molecule has 1 aromatic rings. The van der Waals surface area contributed by atoms with Crippen molar-refractivity contribution in [1.82, 2.24) is 9.88 Å². The smallest absolute Gasteiger partial charge is 0.253 e. The van der Waals surface area contributed by atoms with Gasteiger partial charge in [-0.2, -0.15) is 0 Å². The molecule has 76 valence electrons. The van der Waals surface area contributed by atoms with Crippen molar-refractivity contribution in [3.8, 4) is 0 Å². The summed E-state index contributed by atoms with van der Waals surface area (Å²) in [6.45, 7) is 2.62. The molecule has 0 unspecified atom stereocenters. The van der Waals surface area contributed by atoms with Crippen LogP contribution in [-0.4, -0.2) is 29.4 Å². The summed E-state index contributed by atoms with van der Waals surface area (Å²) in [7, 11) is 1.77. The fourth-order valence-corrected chi connectivity index (χ4v) is 2.07.